The summed E-state index contributed by atoms with van der Waals surface area (Å²) in [5.41, 5.74) is 0. The monoisotopic (exact) mass is 396 g/mol. The first kappa shape index (κ1) is 20.8. The van der Waals surface area contributed by atoms with E-state index in [0.29, 0.717) is 26.3 Å². The minimum absolute atomic E-state index is 0.0272. The van der Waals surface area contributed by atoms with Crippen molar-refractivity contribution in [3.63, 3.8) is 0 Å². The minimum atomic E-state index is -0.595. The number of amides is 2. The van der Waals surface area contributed by atoms with Gasteiger partial charge in [-0.2, -0.15) is 0 Å². The van der Waals surface area contributed by atoms with Gasteiger partial charge in [-0.25, -0.2) is 0 Å². The summed E-state index contributed by atoms with van der Waals surface area (Å²) in [7, 11) is 0. The molecule has 0 unspecified atom stereocenters. The molecule has 0 bridgehead atoms. The SMILES string of the molecule is O=C(NCCC[NH+]1CCOCC1)C(=O)NC[C@@H](c1ccco1)[NH+]1CCOCC1. The molecule has 4 N–H and O–H groups in total. The number of carbonyl (C=O) groups excluding carboxylic acids is 2. The van der Waals surface area contributed by atoms with Crippen LogP contribution in [0.5, 0.6) is 0 Å². The van der Waals surface area contributed by atoms with Crippen LogP contribution in [0.2, 0.25) is 0 Å². The lowest BCUT2D eigenvalue weighted by molar-refractivity contribution is -0.938. The molecule has 1 atom stereocenters. The lowest BCUT2D eigenvalue weighted by Crippen LogP contribution is -3.15. The first-order valence-electron chi connectivity index (χ1n) is 10.2. The molecule has 2 aliphatic rings. The highest BCUT2D eigenvalue weighted by Gasteiger charge is 2.29. The summed E-state index contributed by atoms with van der Waals surface area (Å²) in [6.45, 7) is 8.51. The van der Waals surface area contributed by atoms with Crippen LogP contribution in [0.1, 0.15) is 18.2 Å². The molecule has 9 nitrogen and oxygen atoms in total. The van der Waals surface area contributed by atoms with Gasteiger partial charge in [0, 0.05) is 13.0 Å². The molecular formula is C19H32N4O5+2. The van der Waals surface area contributed by atoms with Gasteiger partial charge in [0.05, 0.1) is 45.8 Å². The molecule has 1 aromatic rings. The number of ether oxygens (including phenoxy) is 2. The second-order valence-corrected chi connectivity index (χ2v) is 7.27. The third-order valence-corrected chi connectivity index (χ3v) is 5.38. The second kappa shape index (κ2) is 11.2. The second-order valence-electron chi connectivity index (χ2n) is 7.27. The van der Waals surface area contributed by atoms with Crippen LogP contribution in [-0.4, -0.2) is 84.1 Å². The Morgan fingerprint density at radius 2 is 1.68 bits per heavy atom. The molecule has 0 saturated carbocycles. The first-order chi connectivity index (χ1) is 13.7. The van der Waals surface area contributed by atoms with Crippen molar-refractivity contribution in [2.24, 2.45) is 0 Å². The fourth-order valence-corrected chi connectivity index (χ4v) is 3.72. The zero-order valence-electron chi connectivity index (χ0n) is 16.3. The summed E-state index contributed by atoms with van der Waals surface area (Å²) in [4.78, 5) is 27.0. The Morgan fingerprint density at radius 1 is 1.00 bits per heavy atom. The van der Waals surface area contributed by atoms with Gasteiger partial charge in [0.1, 0.15) is 26.2 Å². The molecule has 2 fully saturated rings. The highest BCUT2D eigenvalue weighted by molar-refractivity contribution is 6.35. The van der Waals surface area contributed by atoms with Crippen molar-refractivity contribution in [2.45, 2.75) is 12.5 Å². The van der Waals surface area contributed by atoms with Crippen molar-refractivity contribution in [1.82, 2.24) is 10.6 Å². The molecule has 0 spiro atoms. The van der Waals surface area contributed by atoms with E-state index in [1.165, 1.54) is 9.80 Å². The largest absolute Gasteiger partial charge is 0.463 e. The van der Waals surface area contributed by atoms with Gasteiger partial charge in [0.2, 0.25) is 0 Å². The smallest absolute Gasteiger partial charge is 0.309 e. The van der Waals surface area contributed by atoms with E-state index < -0.39 is 11.8 Å². The topological polar surface area (TPSA) is 98.7 Å². The van der Waals surface area contributed by atoms with Gasteiger partial charge in [0.25, 0.3) is 0 Å². The van der Waals surface area contributed by atoms with Crippen molar-refractivity contribution < 1.29 is 33.3 Å². The zero-order chi connectivity index (χ0) is 19.6. The molecule has 0 aromatic carbocycles. The minimum Gasteiger partial charge on any atom is -0.463 e. The van der Waals surface area contributed by atoms with E-state index in [4.69, 9.17) is 13.9 Å². The third-order valence-electron chi connectivity index (χ3n) is 5.38. The van der Waals surface area contributed by atoms with E-state index in [1.807, 2.05) is 12.1 Å². The molecule has 1 aromatic heterocycles. The Morgan fingerprint density at radius 3 is 2.36 bits per heavy atom. The van der Waals surface area contributed by atoms with Crippen LogP contribution in [-0.2, 0) is 19.1 Å². The van der Waals surface area contributed by atoms with E-state index in [0.717, 1.165) is 58.1 Å². The average molecular weight is 396 g/mol. The first-order valence-corrected chi connectivity index (χ1v) is 10.2. The number of carbonyl (C=O) groups is 2. The van der Waals surface area contributed by atoms with Crippen molar-refractivity contribution in [3.05, 3.63) is 24.2 Å². The summed E-state index contributed by atoms with van der Waals surface area (Å²) in [6.07, 6.45) is 2.48. The van der Waals surface area contributed by atoms with Gasteiger partial charge < -0.3 is 34.3 Å². The Hall–Kier alpha value is -1.94. The van der Waals surface area contributed by atoms with Crippen LogP contribution >= 0.6 is 0 Å². The fraction of sp³-hybridized carbons (Fsp3) is 0.684. The van der Waals surface area contributed by atoms with Crippen molar-refractivity contribution in [3.8, 4) is 0 Å². The molecule has 3 heterocycles. The van der Waals surface area contributed by atoms with E-state index in [2.05, 4.69) is 10.6 Å². The fourth-order valence-electron chi connectivity index (χ4n) is 3.72. The summed E-state index contributed by atoms with van der Waals surface area (Å²) in [5.74, 6) is -0.360. The number of nitrogens with one attached hydrogen (secondary N) is 4. The number of furan rings is 1. The molecule has 2 amide bonds. The predicted molar refractivity (Wildman–Crippen MR) is 100.0 cm³/mol. The maximum Gasteiger partial charge on any atom is 0.309 e. The Kier molecular flexibility index (Phi) is 8.28. The van der Waals surface area contributed by atoms with Gasteiger partial charge in [-0.3, -0.25) is 9.59 Å². The molecule has 0 radical (unpaired) electrons. The summed E-state index contributed by atoms with van der Waals surface area (Å²) in [6, 6.07) is 3.72. The van der Waals surface area contributed by atoms with Crippen LogP contribution in [0.4, 0.5) is 0 Å². The van der Waals surface area contributed by atoms with Crippen molar-refractivity contribution >= 4 is 11.8 Å². The van der Waals surface area contributed by atoms with Gasteiger partial charge in [0.15, 0.2) is 11.8 Å². The van der Waals surface area contributed by atoms with Crippen LogP contribution in [0, 0.1) is 0 Å². The predicted octanol–water partition coefficient (Wildman–Crippen LogP) is -3.23. The quantitative estimate of drug-likeness (QED) is 0.274. The van der Waals surface area contributed by atoms with Gasteiger partial charge in [-0.1, -0.05) is 0 Å². The molecule has 9 heteroatoms. The van der Waals surface area contributed by atoms with Crippen LogP contribution in [0.25, 0.3) is 0 Å². The molecule has 0 aliphatic carbocycles. The van der Waals surface area contributed by atoms with E-state index in [1.54, 1.807) is 6.26 Å². The van der Waals surface area contributed by atoms with Crippen LogP contribution in [0.3, 0.4) is 0 Å². The van der Waals surface area contributed by atoms with Gasteiger partial charge in [-0.05, 0) is 12.1 Å². The molecule has 28 heavy (non-hydrogen) atoms. The number of hydrogen-bond donors (Lipinski definition) is 4. The summed E-state index contributed by atoms with van der Waals surface area (Å²) in [5, 5.41) is 5.48. The maximum atomic E-state index is 12.2. The number of morpholine rings is 2. The normalized spacial score (nSPS) is 19.9. The number of rotatable bonds is 8. The lowest BCUT2D eigenvalue weighted by Gasteiger charge is -2.30. The van der Waals surface area contributed by atoms with Gasteiger partial charge in [-0.15, -0.1) is 0 Å². The Balaban J connectivity index is 1.38. The Labute approximate surface area is 165 Å². The average Bonchev–Trinajstić information content (AvgIpc) is 3.27. The highest BCUT2D eigenvalue weighted by Crippen LogP contribution is 2.09. The number of hydrogen-bond acceptors (Lipinski definition) is 5. The van der Waals surface area contributed by atoms with Gasteiger partial charge >= 0.3 is 11.8 Å². The van der Waals surface area contributed by atoms with Crippen LogP contribution < -0.4 is 20.4 Å². The lowest BCUT2D eigenvalue weighted by atomic mass is 10.1. The standard InChI is InChI=1S/C19H30N4O5/c24-18(20-4-2-5-22-6-11-26-12-7-22)19(25)21-15-16(17-3-1-10-28-17)23-8-13-27-14-9-23/h1,3,10,16H,2,4-9,11-15H2,(H,20,24)(H,21,25)/p+2/t16-/m0/s1. The zero-order valence-corrected chi connectivity index (χ0v) is 16.3. The Bertz CT molecular complexity index is 597. The molecule has 3 rings (SSSR count). The highest BCUT2D eigenvalue weighted by atomic mass is 16.5. The maximum absolute atomic E-state index is 12.2. The third kappa shape index (κ3) is 6.30. The van der Waals surface area contributed by atoms with E-state index in [9.17, 15) is 9.59 Å². The van der Waals surface area contributed by atoms with Crippen molar-refractivity contribution in [2.75, 3.05) is 72.2 Å². The number of quaternary nitrogens is 2. The van der Waals surface area contributed by atoms with E-state index in [-0.39, 0.29) is 6.04 Å². The van der Waals surface area contributed by atoms with Crippen LogP contribution in [0.15, 0.2) is 22.8 Å². The molecular weight excluding hydrogens is 364 g/mol. The molecule has 2 saturated heterocycles. The molecule has 156 valence electrons. The molecule has 2 aliphatic heterocycles. The summed E-state index contributed by atoms with van der Waals surface area (Å²) < 4.78 is 16.3. The summed E-state index contributed by atoms with van der Waals surface area (Å²) >= 11 is 0. The van der Waals surface area contributed by atoms with Crippen molar-refractivity contribution in [1.29, 1.82) is 0 Å². The van der Waals surface area contributed by atoms with E-state index >= 15 is 0 Å².